The number of aromatic nitrogens is 1. The summed E-state index contributed by atoms with van der Waals surface area (Å²) in [6, 6.07) is 3.56. The average molecular weight is 244 g/mol. The number of thiophene rings is 1. The first kappa shape index (κ1) is 10.5. The van der Waals surface area contributed by atoms with Crippen LogP contribution in [-0.4, -0.2) is 10.8 Å². The Hall–Kier alpha value is -1.68. The largest absolute Gasteiger partial charge is 0.390 e. The highest BCUT2D eigenvalue weighted by atomic mass is 32.1. The van der Waals surface area contributed by atoms with Gasteiger partial charge in [0.25, 0.3) is 0 Å². The molecular formula is C13H12N2OS. The van der Waals surface area contributed by atoms with Crippen LogP contribution in [0.2, 0.25) is 0 Å². The van der Waals surface area contributed by atoms with Gasteiger partial charge in [0.2, 0.25) is 0 Å². The summed E-state index contributed by atoms with van der Waals surface area (Å²) in [5, 5.41) is 0.656. The van der Waals surface area contributed by atoms with Gasteiger partial charge < -0.3 is 5.73 Å². The van der Waals surface area contributed by atoms with E-state index in [1.807, 2.05) is 0 Å². The van der Waals surface area contributed by atoms with Crippen molar-refractivity contribution in [3.05, 3.63) is 46.1 Å². The fourth-order valence-electron chi connectivity index (χ4n) is 2.32. The summed E-state index contributed by atoms with van der Waals surface area (Å²) in [5.74, 6) is 0.00926. The van der Waals surface area contributed by atoms with Crippen molar-refractivity contribution in [3.63, 3.8) is 0 Å². The molecule has 0 bridgehead atoms. The van der Waals surface area contributed by atoms with Crippen LogP contribution in [0.25, 0.3) is 0 Å². The molecule has 0 aromatic carbocycles. The Morgan fingerprint density at radius 1 is 1.41 bits per heavy atom. The minimum Gasteiger partial charge on any atom is -0.390 e. The molecule has 2 aromatic rings. The van der Waals surface area contributed by atoms with E-state index in [4.69, 9.17) is 5.73 Å². The van der Waals surface area contributed by atoms with E-state index in [0.29, 0.717) is 10.6 Å². The maximum atomic E-state index is 12.4. The predicted octanol–water partition coefficient (Wildman–Crippen LogP) is 2.45. The minimum atomic E-state index is 0.00926. The molecule has 1 aliphatic carbocycles. The first-order chi connectivity index (χ1) is 8.27. The van der Waals surface area contributed by atoms with Crippen LogP contribution in [-0.2, 0) is 12.8 Å². The molecule has 17 heavy (non-hydrogen) atoms. The second-order valence-corrected chi connectivity index (χ2v) is 5.30. The Kier molecular flexibility index (Phi) is 2.44. The SMILES string of the molecule is Nc1sc2c(c1C(=O)c1cccnc1)CCC2. The summed E-state index contributed by atoms with van der Waals surface area (Å²) in [6.07, 6.45) is 6.43. The Labute approximate surface area is 103 Å². The molecule has 3 nitrogen and oxygen atoms in total. The van der Waals surface area contributed by atoms with Crippen molar-refractivity contribution in [2.45, 2.75) is 19.3 Å². The van der Waals surface area contributed by atoms with E-state index in [1.54, 1.807) is 35.9 Å². The number of anilines is 1. The summed E-state index contributed by atoms with van der Waals surface area (Å²) in [5.41, 5.74) is 8.47. The van der Waals surface area contributed by atoms with E-state index in [2.05, 4.69) is 4.98 Å². The van der Waals surface area contributed by atoms with Gasteiger partial charge in [0.15, 0.2) is 5.78 Å². The lowest BCUT2D eigenvalue weighted by Gasteiger charge is -2.02. The number of aryl methyl sites for hydroxylation is 1. The van der Waals surface area contributed by atoms with Crippen LogP contribution in [0.1, 0.15) is 32.8 Å². The number of nitrogen functional groups attached to an aromatic ring is 1. The van der Waals surface area contributed by atoms with Gasteiger partial charge in [0.1, 0.15) is 0 Å². The molecule has 2 heterocycles. The van der Waals surface area contributed by atoms with Crippen LogP contribution in [0.5, 0.6) is 0 Å². The topological polar surface area (TPSA) is 56.0 Å². The van der Waals surface area contributed by atoms with Gasteiger partial charge in [0.05, 0.1) is 10.6 Å². The predicted molar refractivity (Wildman–Crippen MR) is 68.4 cm³/mol. The molecular weight excluding hydrogens is 232 g/mol. The maximum Gasteiger partial charge on any atom is 0.197 e. The average Bonchev–Trinajstić information content (AvgIpc) is 2.89. The van der Waals surface area contributed by atoms with Crippen molar-refractivity contribution in [1.29, 1.82) is 0 Å². The molecule has 2 aromatic heterocycles. The van der Waals surface area contributed by atoms with Crippen LogP contribution < -0.4 is 5.73 Å². The maximum absolute atomic E-state index is 12.4. The number of hydrogen-bond donors (Lipinski definition) is 1. The van der Waals surface area contributed by atoms with E-state index in [-0.39, 0.29) is 5.78 Å². The summed E-state index contributed by atoms with van der Waals surface area (Å²) >= 11 is 1.56. The molecule has 1 aliphatic rings. The fourth-order valence-corrected chi connectivity index (χ4v) is 3.47. The highest BCUT2D eigenvalue weighted by Gasteiger charge is 2.25. The second kappa shape index (κ2) is 3.96. The van der Waals surface area contributed by atoms with Crippen molar-refractivity contribution < 1.29 is 4.79 Å². The van der Waals surface area contributed by atoms with Crippen molar-refractivity contribution in [3.8, 4) is 0 Å². The summed E-state index contributed by atoms with van der Waals surface area (Å²) < 4.78 is 0. The van der Waals surface area contributed by atoms with Gasteiger partial charge in [-0.25, -0.2) is 0 Å². The Morgan fingerprint density at radius 3 is 3.06 bits per heavy atom. The number of carbonyl (C=O) groups is 1. The van der Waals surface area contributed by atoms with Gasteiger partial charge in [-0.3, -0.25) is 9.78 Å². The van der Waals surface area contributed by atoms with Gasteiger partial charge in [-0.2, -0.15) is 0 Å². The van der Waals surface area contributed by atoms with Gasteiger partial charge in [-0.05, 0) is 37.0 Å². The van der Waals surface area contributed by atoms with Crippen molar-refractivity contribution in [2.75, 3.05) is 5.73 Å². The van der Waals surface area contributed by atoms with Crippen molar-refractivity contribution in [1.82, 2.24) is 4.98 Å². The Morgan fingerprint density at radius 2 is 2.29 bits per heavy atom. The molecule has 86 valence electrons. The minimum absolute atomic E-state index is 0.00926. The zero-order valence-corrected chi connectivity index (χ0v) is 10.1. The third-order valence-electron chi connectivity index (χ3n) is 3.10. The number of nitrogens with zero attached hydrogens (tertiary/aromatic N) is 1. The molecule has 0 saturated heterocycles. The Bertz CT molecular complexity index is 575. The van der Waals surface area contributed by atoms with Crippen LogP contribution in [0, 0.1) is 0 Å². The second-order valence-electron chi connectivity index (χ2n) is 4.17. The van der Waals surface area contributed by atoms with E-state index in [9.17, 15) is 4.79 Å². The smallest absolute Gasteiger partial charge is 0.197 e. The zero-order valence-electron chi connectivity index (χ0n) is 9.27. The van der Waals surface area contributed by atoms with E-state index in [0.717, 1.165) is 24.8 Å². The number of hydrogen-bond acceptors (Lipinski definition) is 4. The zero-order chi connectivity index (χ0) is 11.8. The molecule has 0 aliphatic heterocycles. The van der Waals surface area contributed by atoms with Crippen LogP contribution in [0.15, 0.2) is 24.5 Å². The first-order valence-electron chi connectivity index (χ1n) is 5.62. The molecule has 0 saturated carbocycles. The van der Waals surface area contributed by atoms with E-state index in [1.165, 1.54) is 10.4 Å². The number of carbonyl (C=O) groups excluding carboxylic acids is 1. The lowest BCUT2D eigenvalue weighted by atomic mass is 10.0. The molecule has 0 unspecified atom stereocenters. The van der Waals surface area contributed by atoms with Crippen LogP contribution in [0.3, 0.4) is 0 Å². The third kappa shape index (κ3) is 1.65. The van der Waals surface area contributed by atoms with Crippen LogP contribution in [0.4, 0.5) is 5.00 Å². The highest BCUT2D eigenvalue weighted by Crippen LogP contribution is 2.38. The molecule has 0 amide bonds. The lowest BCUT2D eigenvalue weighted by molar-refractivity contribution is 0.103. The Balaban J connectivity index is 2.08. The summed E-state index contributed by atoms with van der Waals surface area (Å²) in [7, 11) is 0. The molecule has 0 atom stereocenters. The van der Waals surface area contributed by atoms with Crippen LogP contribution >= 0.6 is 11.3 Å². The van der Waals surface area contributed by atoms with Gasteiger partial charge in [0, 0.05) is 22.8 Å². The third-order valence-corrected chi connectivity index (χ3v) is 4.22. The number of ketones is 1. The van der Waals surface area contributed by atoms with Gasteiger partial charge >= 0.3 is 0 Å². The molecule has 2 N–H and O–H groups in total. The number of nitrogens with two attached hydrogens (primary N) is 1. The fraction of sp³-hybridized carbons (Fsp3) is 0.231. The highest BCUT2D eigenvalue weighted by molar-refractivity contribution is 7.16. The standard InChI is InChI=1S/C13H12N2OS/c14-13-11(9-4-1-5-10(9)17-13)12(16)8-3-2-6-15-7-8/h2-3,6-7H,1,4-5,14H2. The summed E-state index contributed by atoms with van der Waals surface area (Å²) in [4.78, 5) is 17.6. The molecule has 3 rings (SSSR count). The van der Waals surface area contributed by atoms with E-state index >= 15 is 0 Å². The first-order valence-corrected chi connectivity index (χ1v) is 6.44. The molecule has 0 fully saturated rings. The molecule has 0 spiro atoms. The van der Waals surface area contributed by atoms with Gasteiger partial charge in [-0.1, -0.05) is 0 Å². The van der Waals surface area contributed by atoms with Crippen molar-refractivity contribution >= 4 is 22.1 Å². The number of pyridine rings is 1. The lowest BCUT2D eigenvalue weighted by Crippen LogP contribution is -2.05. The number of rotatable bonds is 2. The van der Waals surface area contributed by atoms with E-state index < -0.39 is 0 Å². The normalized spacial score (nSPS) is 13.6. The van der Waals surface area contributed by atoms with Crippen molar-refractivity contribution in [2.24, 2.45) is 0 Å². The summed E-state index contributed by atoms with van der Waals surface area (Å²) in [6.45, 7) is 0. The van der Waals surface area contributed by atoms with Gasteiger partial charge in [-0.15, -0.1) is 11.3 Å². The quantitative estimate of drug-likeness (QED) is 0.825. The molecule has 0 radical (unpaired) electrons. The monoisotopic (exact) mass is 244 g/mol. The molecule has 4 heteroatoms. The number of fused-ring (bicyclic) bond motifs is 1.